The Kier molecular flexibility index (Phi) is 2.55. The van der Waals surface area contributed by atoms with Crippen LogP contribution in [0.25, 0.3) is 0 Å². The van der Waals surface area contributed by atoms with E-state index < -0.39 is 0 Å². The molecule has 0 aromatic heterocycles. The molecule has 0 aliphatic carbocycles. The minimum Gasteiger partial charge on any atom is -0.633 e. The number of nitrogens with zero attached hydrogens (tertiary/aromatic N) is 1. The summed E-state index contributed by atoms with van der Waals surface area (Å²) < 4.78 is -0.00347. The van der Waals surface area contributed by atoms with Gasteiger partial charge in [0.25, 0.3) is 0 Å². The number of quaternary nitrogens is 1. The van der Waals surface area contributed by atoms with Crippen LogP contribution in [0.4, 0.5) is 0 Å². The molecule has 2 nitrogen and oxygen atoms in total. The lowest BCUT2D eigenvalue weighted by Crippen LogP contribution is -2.55. The van der Waals surface area contributed by atoms with Gasteiger partial charge in [0, 0.05) is 0 Å². The molecule has 0 radical (unpaired) electrons. The molecule has 0 amide bonds. The van der Waals surface area contributed by atoms with Gasteiger partial charge < -0.3 is 9.85 Å². The van der Waals surface area contributed by atoms with Gasteiger partial charge in [-0.25, -0.2) is 0 Å². The van der Waals surface area contributed by atoms with Crippen molar-refractivity contribution in [2.45, 2.75) is 51.6 Å². The fourth-order valence-corrected chi connectivity index (χ4v) is 2.09. The maximum absolute atomic E-state index is 12.0. The van der Waals surface area contributed by atoms with Gasteiger partial charge >= 0.3 is 0 Å². The van der Waals surface area contributed by atoms with Gasteiger partial charge in [-0.3, -0.25) is 0 Å². The summed E-state index contributed by atoms with van der Waals surface area (Å²) >= 11 is 0. The Balaban J connectivity index is 2.64. The first-order valence-corrected chi connectivity index (χ1v) is 4.66. The second kappa shape index (κ2) is 3.11. The summed E-state index contributed by atoms with van der Waals surface area (Å²) in [5.74, 6) is 0. The standard InChI is InChI=1S/C9H19NO/c1-4-9-7-5-6-8(2)10(9,3)11/h8-9H,4-7H2,1-3H3/t8-,9+,10-/m1/s1. The summed E-state index contributed by atoms with van der Waals surface area (Å²) in [6.07, 6.45) is 4.51. The molecule has 0 saturated carbocycles. The summed E-state index contributed by atoms with van der Waals surface area (Å²) in [6, 6.07) is 0.674. The van der Waals surface area contributed by atoms with Crippen LogP contribution in [-0.4, -0.2) is 23.8 Å². The quantitative estimate of drug-likeness (QED) is 0.423. The van der Waals surface area contributed by atoms with Crippen molar-refractivity contribution in [1.82, 2.24) is 0 Å². The number of piperidine rings is 1. The number of likely N-dealkylation sites (tertiary alicyclic amines) is 1. The van der Waals surface area contributed by atoms with Crippen molar-refractivity contribution >= 4 is 0 Å². The average Bonchev–Trinajstić information content (AvgIpc) is 1.95. The van der Waals surface area contributed by atoms with Crippen molar-refractivity contribution in [2.75, 3.05) is 7.05 Å². The van der Waals surface area contributed by atoms with Crippen LogP contribution in [0.1, 0.15) is 39.5 Å². The summed E-state index contributed by atoms with van der Waals surface area (Å²) in [6.45, 7) is 4.20. The van der Waals surface area contributed by atoms with Gasteiger partial charge in [0.05, 0.1) is 19.1 Å². The van der Waals surface area contributed by atoms with Crippen LogP contribution in [0, 0.1) is 5.21 Å². The lowest BCUT2D eigenvalue weighted by Gasteiger charge is -2.52. The SMILES string of the molecule is CC[C@H]1CCC[C@@H](C)[N@@+]1(C)[O-]. The predicted octanol–water partition coefficient (Wildman–Crippen LogP) is 2.28. The highest BCUT2D eigenvalue weighted by Crippen LogP contribution is 2.29. The Morgan fingerprint density at radius 3 is 2.55 bits per heavy atom. The predicted molar refractivity (Wildman–Crippen MR) is 46.9 cm³/mol. The summed E-state index contributed by atoms with van der Waals surface area (Å²) in [4.78, 5) is 0. The maximum atomic E-state index is 12.0. The first-order chi connectivity index (χ1) is 5.09. The highest BCUT2D eigenvalue weighted by molar-refractivity contribution is 4.69. The molecule has 1 fully saturated rings. The maximum Gasteiger partial charge on any atom is 0.0884 e. The number of hydrogen-bond acceptors (Lipinski definition) is 1. The Morgan fingerprint density at radius 1 is 1.45 bits per heavy atom. The van der Waals surface area contributed by atoms with Crippen molar-refractivity contribution in [3.63, 3.8) is 0 Å². The fraction of sp³-hybridized carbons (Fsp3) is 1.00. The molecule has 0 aromatic carbocycles. The van der Waals surface area contributed by atoms with E-state index in [-0.39, 0.29) is 4.65 Å². The molecule has 1 aliphatic heterocycles. The van der Waals surface area contributed by atoms with E-state index >= 15 is 0 Å². The van der Waals surface area contributed by atoms with E-state index in [0.29, 0.717) is 12.1 Å². The molecule has 0 unspecified atom stereocenters. The van der Waals surface area contributed by atoms with Gasteiger partial charge in [0.2, 0.25) is 0 Å². The molecular weight excluding hydrogens is 138 g/mol. The second-order valence-electron chi connectivity index (χ2n) is 3.90. The van der Waals surface area contributed by atoms with Gasteiger partial charge in [-0.05, 0) is 32.6 Å². The van der Waals surface area contributed by atoms with Gasteiger partial charge in [-0.1, -0.05) is 6.92 Å². The topological polar surface area (TPSA) is 23.1 Å². The highest BCUT2D eigenvalue weighted by atomic mass is 16.5. The molecule has 11 heavy (non-hydrogen) atoms. The van der Waals surface area contributed by atoms with Gasteiger partial charge in [0.1, 0.15) is 0 Å². The largest absolute Gasteiger partial charge is 0.633 e. The number of rotatable bonds is 1. The average molecular weight is 157 g/mol. The van der Waals surface area contributed by atoms with Crippen LogP contribution < -0.4 is 0 Å². The molecule has 66 valence electrons. The van der Waals surface area contributed by atoms with Gasteiger partial charge in [0.15, 0.2) is 0 Å². The third kappa shape index (κ3) is 1.57. The van der Waals surface area contributed by atoms with Gasteiger partial charge in [-0.2, -0.15) is 0 Å². The van der Waals surface area contributed by atoms with E-state index in [1.165, 1.54) is 6.42 Å². The van der Waals surface area contributed by atoms with Crippen molar-refractivity contribution in [1.29, 1.82) is 0 Å². The molecule has 0 bridgehead atoms. The summed E-state index contributed by atoms with van der Waals surface area (Å²) in [7, 11) is 1.83. The highest BCUT2D eigenvalue weighted by Gasteiger charge is 2.32. The molecule has 0 N–H and O–H groups in total. The number of hydrogen-bond donors (Lipinski definition) is 0. The van der Waals surface area contributed by atoms with Crippen molar-refractivity contribution in [3.8, 4) is 0 Å². The second-order valence-corrected chi connectivity index (χ2v) is 3.90. The lowest BCUT2D eigenvalue weighted by molar-refractivity contribution is -0.914. The molecule has 0 aromatic rings. The van der Waals surface area contributed by atoms with Crippen molar-refractivity contribution in [3.05, 3.63) is 5.21 Å². The zero-order valence-corrected chi connectivity index (χ0v) is 7.84. The number of hydroxylamine groups is 3. The van der Waals surface area contributed by atoms with Crippen molar-refractivity contribution in [2.24, 2.45) is 0 Å². The van der Waals surface area contributed by atoms with Crippen molar-refractivity contribution < 1.29 is 4.65 Å². The molecule has 2 heteroatoms. The zero-order valence-electron chi connectivity index (χ0n) is 7.84. The third-order valence-corrected chi connectivity index (χ3v) is 3.23. The molecule has 1 rings (SSSR count). The normalized spacial score (nSPS) is 45.8. The first kappa shape index (κ1) is 9.01. The van der Waals surface area contributed by atoms with E-state index in [4.69, 9.17) is 0 Å². The molecule has 1 aliphatic rings. The monoisotopic (exact) mass is 157 g/mol. The Hall–Kier alpha value is -0.0800. The van der Waals surface area contributed by atoms with Crippen LogP contribution in [0.5, 0.6) is 0 Å². The smallest absolute Gasteiger partial charge is 0.0884 e. The molecular formula is C9H19NO. The Morgan fingerprint density at radius 2 is 2.09 bits per heavy atom. The minimum atomic E-state index is -0.00347. The third-order valence-electron chi connectivity index (χ3n) is 3.23. The van der Waals surface area contributed by atoms with Crippen LogP contribution in [0.3, 0.4) is 0 Å². The van der Waals surface area contributed by atoms with E-state index in [2.05, 4.69) is 13.8 Å². The van der Waals surface area contributed by atoms with E-state index in [1.807, 2.05) is 7.05 Å². The Labute approximate surface area is 69.4 Å². The van der Waals surface area contributed by atoms with Crippen LogP contribution in [0.2, 0.25) is 0 Å². The van der Waals surface area contributed by atoms with Crippen LogP contribution >= 0.6 is 0 Å². The fourth-order valence-electron chi connectivity index (χ4n) is 2.09. The van der Waals surface area contributed by atoms with E-state index in [1.54, 1.807) is 0 Å². The first-order valence-electron chi connectivity index (χ1n) is 4.66. The van der Waals surface area contributed by atoms with E-state index in [9.17, 15) is 5.21 Å². The Bertz CT molecular complexity index is 134. The summed E-state index contributed by atoms with van der Waals surface area (Å²) in [5, 5.41) is 12.0. The lowest BCUT2D eigenvalue weighted by atomic mass is 9.95. The zero-order chi connectivity index (χ0) is 8.48. The van der Waals surface area contributed by atoms with Crippen LogP contribution in [-0.2, 0) is 0 Å². The van der Waals surface area contributed by atoms with Crippen LogP contribution in [0.15, 0.2) is 0 Å². The van der Waals surface area contributed by atoms with Gasteiger partial charge in [-0.15, -0.1) is 0 Å². The summed E-state index contributed by atoms with van der Waals surface area (Å²) in [5.41, 5.74) is 0. The minimum absolute atomic E-state index is 0.00347. The van der Waals surface area contributed by atoms with E-state index in [0.717, 1.165) is 19.3 Å². The molecule has 0 spiro atoms. The molecule has 1 heterocycles. The molecule has 3 atom stereocenters. The molecule has 1 saturated heterocycles.